The summed E-state index contributed by atoms with van der Waals surface area (Å²) in [6, 6.07) is 0. The van der Waals surface area contributed by atoms with Gasteiger partial charge in [-0.3, -0.25) is 0 Å². The van der Waals surface area contributed by atoms with Gasteiger partial charge in [-0.15, -0.1) is 0 Å². The van der Waals surface area contributed by atoms with E-state index in [4.69, 9.17) is 0 Å². The molecule has 4 heavy (non-hydrogen) atoms. The van der Waals surface area contributed by atoms with Crippen LogP contribution in [0.5, 0.6) is 0 Å². The molecule has 0 fully saturated rings. The minimum atomic E-state index is 0. The topological polar surface area (TPSA) is 0 Å². The normalized spacial score (nSPS) is 0. The monoisotopic (exact) mass is 168 g/mol. The van der Waals surface area contributed by atoms with E-state index >= 15 is 0 Å². The molecule has 0 aromatic carbocycles. The van der Waals surface area contributed by atoms with Crippen LogP contribution in [0.2, 0.25) is 0 Å². The molecular weight excluding hydrogens is 164 g/mol. The van der Waals surface area contributed by atoms with Crippen LogP contribution in [0.1, 0.15) is 2.85 Å². The fourth-order valence-electron chi connectivity index (χ4n) is 0. The van der Waals surface area contributed by atoms with Crippen LogP contribution in [0, 0.1) is 0 Å². The van der Waals surface area contributed by atoms with Crippen LogP contribution in [0.25, 0.3) is 0 Å². The molecule has 0 aliphatic rings. The molecule has 0 saturated carbocycles. The molecule has 0 nitrogen and oxygen atoms in total. The number of rotatable bonds is 0. The second-order valence-corrected chi connectivity index (χ2v) is 0. The molecule has 0 aliphatic heterocycles. The van der Waals surface area contributed by atoms with E-state index in [1.807, 2.05) is 0 Å². The van der Waals surface area contributed by atoms with Gasteiger partial charge in [0.2, 0.25) is 0 Å². The van der Waals surface area contributed by atoms with Crippen molar-refractivity contribution < 1.29 is 37.0 Å². The zero-order chi connectivity index (χ0) is 0. The van der Waals surface area contributed by atoms with Crippen molar-refractivity contribution in [2.45, 2.75) is 0 Å². The molecule has 2 radical (unpaired) electrons. The Kier molecular flexibility index (Phi) is 185. The van der Waals surface area contributed by atoms with Gasteiger partial charge in [0.1, 0.15) is 0 Å². The summed E-state index contributed by atoms with van der Waals surface area (Å²) >= 11 is 0. The molecule has 0 aromatic rings. The average molecular weight is 168 g/mol. The quantitative estimate of drug-likeness (QED) is 0.404. The summed E-state index contributed by atoms with van der Waals surface area (Å²) in [6.45, 7) is 0. The molecule has 0 atom stereocenters. The molecule has 26 valence electrons. The van der Waals surface area contributed by atoms with Crippen molar-refractivity contribution in [3.8, 4) is 0 Å². The minimum Gasteiger partial charge on any atom is -1.00 e. The van der Waals surface area contributed by atoms with Crippen LogP contribution in [0.4, 0.5) is 0 Å². The zero-order valence-electron chi connectivity index (χ0n) is 4.12. The predicted molar refractivity (Wildman–Crippen MR) is 16.5 cm³/mol. The molecule has 0 bridgehead atoms. The minimum absolute atomic E-state index is 0. The van der Waals surface area contributed by atoms with Gasteiger partial charge in [0, 0.05) is 34.1 Å². The summed E-state index contributed by atoms with van der Waals surface area (Å²) in [4.78, 5) is 0. The van der Waals surface area contributed by atoms with Crippen molar-refractivity contribution >= 4 is 34.0 Å². The Bertz CT molecular complexity index is 11.5. The van der Waals surface area contributed by atoms with Crippen molar-refractivity contribution in [3.05, 3.63) is 0 Å². The molecule has 0 aromatic heterocycles. The van der Waals surface area contributed by atoms with Crippen molar-refractivity contribution in [2.75, 3.05) is 0 Å². The molecule has 4 heteroatoms. The van der Waals surface area contributed by atoms with Gasteiger partial charge in [-0.25, -0.2) is 0 Å². The first-order valence-corrected chi connectivity index (χ1v) is 0. The largest absolute Gasteiger partial charge is 2.00 e. The van der Waals surface area contributed by atoms with E-state index in [0.29, 0.717) is 0 Å². The number of hydrogen-bond acceptors (Lipinski definition) is 0. The fraction of sp³-hybridized carbons (Fsp3) is 0. The van der Waals surface area contributed by atoms with Crippen LogP contribution in [0.3, 0.4) is 0 Å². The first-order chi connectivity index (χ1) is 0. The third-order valence-corrected chi connectivity index (χ3v) is 0. The summed E-state index contributed by atoms with van der Waals surface area (Å²) < 4.78 is 0. The molecule has 0 saturated heterocycles. The van der Waals surface area contributed by atoms with E-state index in [1.54, 1.807) is 0 Å². The molecule has 0 N–H and O–H groups in total. The summed E-state index contributed by atoms with van der Waals surface area (Å²) in [5.41, 5.74) is 0. The summed E-state index contributed by atoms with van der Waals surface area (Å²) in [6.07, 6.45) is 0. The SMILES string of the molecule is [Fe].[Fe].[H-].[H-].[Mg+2].[SiH2]. The smallest absolute Gasteiger partial charge is 1.00 e. The van der Waals surface area contributed by atoms with Crippen molar-refractivity contribution in [1.29, 1.82) is 0 Å². The van der Waals surface area contributed by atoms with Gasteiger partial charge in [-0.1, -0.05) is 0 Å². The average Bonchev–Trinajstić information content (AvgIpc) is 0. The Morgan fingerprint density at radius 2 is 1.00 bits per heavy atom. The zero-order valence-corrected chi connectivity index (χ0v) is 7.16. The maximum Gasteiger partial charge on any atom is 2.00 e. The third-order valence-electron chi connectivity index (χ3n) is 0. The second-order valence-electron chi connectivity index (χ2n) is 0. The standard InChI is InChI=1S/2Fe.Mg.H2Si.2H/h;;;1H2;;/q;;+2;;2*-1. The van der Waals surface area contributed by atoms with Crippen LogP contribution in [-0.2, 0) is 34.1 Å². The van der Waals surface area contributed by atoms with Gasteiger partial charge in [0.05, 0.1) is 0 Å². The van der Waals surface area contributed by atoms with E-state index in [-0.39, 0.29) is 71.0 Å². The molecular formula is H4Fe2MgSi. The summed E-state index contributed by atoms with van der Waals surface area (Å²) in [5.74, 6) is 0. The van der Waals surface area contributed by atoms with Gasteiger partial charge < -0.3 is 2.85 Å². The van der Waals surface area contributed by atoms with E-state index < -0.39 is 0 Å². The fourth-order valence-corrected chi connectivity index (χ4v) is 0. The third kappa shape index (κ3) is 8.98. The molecule has 0 rings (SSSR count). The maximum atomic E-state index is 0. The first-order valence-electron chi connectivity index (χ1n) is 0. The Balaban J connectivity index is 0. The number of hydrogen-bond donors (Lipinski definition) is 0. The van der Waals surface area contributed by atoms with Crippen molar-refractivity contribution in [1.82, 2.24) is 0 Å². The Labute approximate surface area is 70.6 Å². The molecule has 0 amide bonds. The van der Waals surface area contributed by atoms with E-state index in [2.05, 4.69) is 0 Å². The van der Waals surface area contributed by atoms with Crippen molar-refractivity contribution in [2.24, 2.45) is 0 Å². The molecule has 0 unspecified atom stereocenters. The van der Waals surface area contributed by atoms with Gasteiger partial charge in [0.15, 0.2) is 0 Å². The Morgan fingerprint density at radius 3 is 1.00 bits per heavy atom. The molecule has 0 aliphatic carbocycles. The van der Waals surface area contributed by atoms with Gasteiger partial charge in [-0.05, 0) is 11.0 Å². The van der Waals surface area contributed by atoms with Crippen LogP contribution in [0.15, 0.2) is 0 Å². The van der Waals surface area contributed by atoms with E-state index in [9.17, 15) is 0 Å². The van der Waals surface area contributed by atoms with Crippen LogP contribution < -0.4 is 0 Å². The maximum absolute atomic E-state index is 0. The Hall–Kier alpha value is 2.02. The predicted octanol–water partition coefficient (Wildman–Crippen LogP) is -1.08. The van der Waals surface area contributed by atoms with E-state index in [1.165, 1.54) is 0 Å². The van der Waals surface area contributed by atoms with Gasteiger partial charge in [-0.2, -0.15) is 0 Å². The van der Waals surface area contributed by atoms with Crippen LogP contribution in [-0.4, -0.2) is 34.0 Å². The molecule has 0 spiro atoms. The summed E-state index contributed by atoms with van der Waals surface area (Å²) in [5, 5.41) is 0. The van der Waals surface area contributed by atoms with Gasteiger partial charge in [0.25, 0.3) is 0 Å². The van der Waals surface area contributed by atoms with Gasteiger partial charge >= 0.3 is 23.1 Å². The second kappa shape index (κ2) is 19.9. The van der Waals surface area contributed by atoms with E-state index in [0.717, 1.165) is 0 Å². The molecule has 0 heterocycles. The van der Waals surface area contributed by atoms with Crippen LogP contribution >= 0.6 is 0 Å². The van der Waals surface area contributed by atoms with Crippen molar-refractivity contribution in [3.63, 3.8) is 0 Å². The Morgan fingerprint density at radius 1 is 1.00 bits per heavy atom. The first kappa shape index (κ1) is 37.1. The summed E-state index contributed by atoms with van der Waals surface area (Å²) in [7, 11) is 0.